The van der Waals surface area contributed by atoms with Gasteiger partial charge < -0.3 is 9.80 Å². The number of halogens is 1. The van der Waals surface area contributed by atoms with E-state index in [1.807, 2.05) is 23.1 Å². The van der Waals surface area contributed by atoms with E-state index in [0.29, 0.717) is 43.3 Å². The Morgan fingerprint density at radius 2 is 1.66 bits per heavy atom. The molecule has 1 aliphatic rings. The fourth-order valence-electron chi connectivity index (χ4n) is 3.42. The number of rotatable bonds is 5. The number of nitrogens with zero attached hydrogens (tertiary/aromatic N) is 2. The van der Waals surface area contributed by atoms with Gasteiger partial charge in [-0.15, -0.1) is 0 Å². The van der Waals surface area contributed by atoms with Crippen molar-refractivity contribution < 1.29 is 14.0 Å². The minimum Gasteiger partial charge on any atom is -0.366 e. The molecule has 152 valence electrons. The van der Waals surface area contributed by atoms with Crippen molar-refractivity contribution in [3.05, 3.63) is 71.0 Å². The summed E-state index contributed by atoms with van der Waals surface area (Å²) in [6, 6.07) is 12.8. The molecule has 0 N–H and O–H groups in total. The summed E-state index contributed by atoms with van der Waals surface area (Å²) in [6.07, 6.45) is 3.43. The molecule has 0 aromatic heterocycles. The van der Waals surface area contributed by atoms with Crippen LogP contribution in [0, 0.1) is 5.82 Å². The van der Waals surface area contributed by atoms with Crippen LogP contribution in [0.3, 0.4) is 0 Å². The highest BCUT2D eigenvalue weighted by Crippen LogP contribution is 2.22. The summed E-state index contributed by atoms with van der Waals surface area (Å²) in [4.78, 5) is 27.6. The van der Waals surface area contributed by atoms with Gasteiger partial charge in [0.2, 0.25) is 5.91 Å². The molecule has 2 aromatic carbocycles. The normalized spacial score (nSPS) is 14.7. The molecule has 29 heavy (non-hydrogen) atoms. The second-order valence-corrected chi connectivity index (χ2v) is 7.69. The van der Waals surface area contributed by atoms with Crippen molar-refractivity contribution in [3.8, 4) is 0 Å². The topological polar surface area (TPSA) is 40.6 Å². The highest BCUT2D eigenvalue weighted by molar-refractivity contribution is 5.94. The van der Waals surface area contributed by atoms with E-state index in [1.54, 1.807) is 23.1 Å². The van der Waals surface area contributed by atoms with E-state index >= 15 is 0 Å². The zero-order valence-electron chi connectivity index (χ0n) is 17.2. The number of hydrogen-bond acceptors (Lipinski definition) is 3. The first kappa shape index (κ1) is 20.8. The number of benzene rings is 2. The van der Waals surface area contributed by atoms with E-state index in [-0.39, 0.29) is 11.7 Å². The van der Waals surface area contributed by atoms with Gasteiger partial charge in [-0.2, -0.15) is 0 Å². The molecular formula is C24H27FN2O2. The van der Waals surface area contributed by atoms with Gasteiger partial charge in [0.15, 0.2) is 5.78 Å². The average molecular weight is 394 g/mol. The van der Waals surface area contributed by atoms with Gasteiger partial charge in [0.05, 0.1) is 5.69 Å². The van der Waals surface area contributed by atoms with Crippen LogP contribution in [-0.4, -0.2) is 42.8 Å². The van der Waals surface area contributed by atoms with Gasteiger partial charge >= 0.3 is 0 Å². The molecule has 1 heterocycles. The molecule has 0 bridgehead atoms. The molecule has 4 nitrogen and oxygen atoms in total. The third-order valence-electron chi connectivity index (χ3n) is 5.31. The van der Waals surface area contributed by atoms with Gasteiger partial charge in [-0.05, 0) is 48.2 Å². The maximum atomic E-state index is 14.4. The number of carbonyl (C=O) groups excluding carboxylic acids is 2. The predicted octanol–water partition coefficient (Wildman–Crippen LogP) is 4.51. The zero-order chi connectivity index (χ0) is 21.0. The lowest BCUT2D eigenvalue weighted by Crippen LogP contribution is -2.48. The van der Waals surface area contributed by atoms with Gasteiger partial charge in [-0.1, -0.05) is 38.1 Å². The number of hydrogen-bond donors (Lipinski definition) is 0. The maximum Gasteiger partial charge on any atom is 0.246 e. The van der Waals surface area contributed by atoms with Crippen LogP contribution >= 0.6 is 0 Å². The van der Waals surface area contributed by atoms with Crippen molar-refractivity contribution >= 4 is 23.5 Å². The third kappa shape index (κ3) is 5.11. The van der Waals surface area contributed by atoms with Crippen LogP contribution in [-0.2, 0) is 4.79 Å². The number of ketones is 1. The van der Waals surface area contributed by atoms with Crippen molar-refractivity contribution in [1.29, 1.82) is 0 Å². The summed E-state index contributed by atoms with van der Waals surface area (Å²) in [5, 5.41) is 0. The number of anilines is 1. The summed E-state index contributed by atoms with van der Waals surface area (Å²) in [7, 11) is 0. The summed E-state index contributed by atoms with van der Waals surface area (Å²) in [5.41, 5.74) is 3.11. The van der Waals surface area contributed by atoms with Crippen LogP contribution in [0.25, 0.3) is 6.08 Å². The fraction of sp³-hybridized carbons (Fsp3) is 0.333. The van der Waals surface area contributed by atoms with E-state index in [1.165, 1.54) is 18.6 Å². The molecule has 2 aromatic rings. The lowest BCUT2D eigenvalue weighted by Gasteiger charge is -2.35. The van der Waals surface area contributed by atoms with Crippen LogP contribution in [0.15, 0.2) is 48.5 Å². The van der Waals surface area contributed by atoms with E-state index in [9.17, 15) is 14.0 Å². The average Bonchev–Trinajstić information content (AvgIpc) is 2.72. The summed E-state index contributed by atoms with van der Waals surface area (Å²) in [6.45, 7) is 7.89. The Balaban J connectivity index is 1.57. The van der Waals surface area contributed by atoms with Crippen molar-refractivity contribution in [3.63, 3.8) is 0 Å². The number of Topliss-reactive ketones (excluding diaryl/α,β-unsaturated/α-hetero) is 1. The first-order chi connectivity index (χ1) is 13.8. The molecule has 0 radical (unpaired) electrons. The Morgan fingerprint density at radius 1 is 1.00 bits per heavy atom. The molecule has 0 saturated carbocycles. The Labute approximate surface area is 171 Å². The van der Waals surface area contributed by atoms with E-state index in [0.717, 1.165) is 5.56 Å². The predicted molar refractivity (Wildman–Crippen MR) is 115 cm³/mol. The monoisotopic (exact) mass is 394 g/mol. The first-order valence-corrected chi connectivity index (χ1v) is 9.97. The highest BCUT2D eigenvalue weighted by atomic mass is 19.1. The minimum atomic E-state index is -0.401. The van der Waals surface area contributed by atoms with E-state index in [4.69, 9.17) is 0 Å². The maximum absolute atomic E-state index is 14.4. The SMILES string of the molecule is CC(=O)c1ccc(N2CCN(C(=O)/C=C/c3ccc(C(C)C)cc3)CC2)c(F)c1. The summed E-state index contributed by atoms with van der Waals surface area (Å²) in [5.74, 6) is -0.113. The lowest BCUT2D eigenvalue weighted by molar-refractivity contribution is -0.126. The van der Waals surface area contributed by atoms with Crippen molar-refractivity contribution in [1.82, 2.24) is 4.90 Å². The smallest absolute Gasteiger partial charge is 0.246 e. The van der Waals surface area contributed by atoms with Gasteiger partial charge in [-0.25, -0.2) is 4.39 Å². The standard InChI is InChI=1S/C24H27FN2O2/c1-17(2)20-7-4-19(5-8-20)6-11-24(29)27-14-12-26(13-15-27)23-10-9-21(18(3)28)16-22(23)25/h4-11,16-17H,12-15H2,1-3H3/b11-6+. The Morgan fingerprint density at radius 3 is 2.21 bits per heavy atom. The minimum absolute atomic E-state index is 0.0371. The largest absolute Gasteiger partial charge is 0.366 e. The second-order valence-electron chi connectivity index (χ2n) is 7.69. The molecule has 1 aliphatic heterocycles. The number of piperazine rings is 1. The zero-order valence-corrected chi connectivity index (χ0v) is 17.2. The van der Waals surface area contributed by atoms with Gasteiger partial charge in [0.1, 0.15) is 5.82 Å². The van der Waals surface area contributed by atoms with Crippen molar-refractivity contribution in [2.75, 3.05) is 31.1 Å². The van der Waals surface area contributed by atoms with Gasteiger partial charge in [-0.3, -0.25) is 9.59 Å². The Bertz CT molecular complexity index is 911. The van der Waals surface area contributed by atoms with Crippen LogP contribution < -0.4 is 4.90 Å². The van der Waals surface area contributed by atoms with E-state index < -0.39 is 5.82 Å². The van der Waals surface area contributed by atoms with Crippen molar-refractivity contribution in [2.45, 2.75) is 26.7 Å². The molecule has 0 aliphatic carbocycles. The fourth-order valence-corrected chi connectivity index (χ4v) is 3.42. The Kier molecular flexibility index (Phi) is 6.47. The highest BCUT2D eigenvalue weighted by Gasteiger charge is 2.22. The summed E-state index contributed by atoms with van der Waals surface area (Å²) >= 11 is 0. The molecule has 1 saturated heterocycles. The van der Waals surface area contributed by atoms with Crippen LogP contribution in [0.4, 0.5) is 10.1 Å². The first-order valence-electron chi connectivity index (χ1n) is 9.97. The van der Waals surface area contributed by atoms with Crippen molar-refractivity contribution in [2.24, 2.45) is 0 Å². The molecule has 0 unspecified atom stereocenters. The molecule has 0 atom stereocenters. The second kappa shape index (κ2) is 9.03. The quantitative estimate of drug-likeness (QED) is 0.553. The van der Waals surface area contributed by atoms with Crippen LogP contribution in [0.5, 0.6) is 0 Å². The number of carbonyl (C=O) groups is 2. The Hall–Kier alpha value is -2.95. The van der Waals surface area contributed by atoms with Gasteiger partial charge in [0.25, 0.3) is 0 Å². The molecule has 1 fully saturated rings. The third-order valence-corrected chi connectivity index (χ3v) is 5.31. The molecule has 0 spiro atoms. The van der Waals surface area contributed by atoms with Gasteiger partial charge in [0, 0.05) is 37.8 Å². The lowest BCUT2D eigenvalue weighted by atomic mass is 10.0. The summed E-state index contributed by atoms with van der Waals surface area (Å²) < 4.78 is 14.4. The molecule has 5 heteroatoms. The van der Waals surface area contributed by atoms with E-state index in [2.05, 4.69) is 26.0 Å². The molecular weight excluding hydrogens is 367 g/mol. The molecule has 1 amide bonds. The number of amides is 1. The van der Waals surface area contributed by atoms with Crippen LogP contribution in [0.2, 0.25) is 0 Å². The van der Waals surface area contributed by atoms with Crippen LogP contribution in [0.1, 0.15) is 48.2 Å². The molecule has 3 rings (SSSR count).